The molecule has 4 atom stereocenters. The van der Waals surface area contributed by atoms with E-state index in [-0.39, 0.29) is 19.1 Å². The molecule has 3 aliphatic heterocycles. The molecular formula is C18H17NO6. The Morgan fingerprint density at radius 3 is 2.72 bits per heavy atom. The van der Waals surface area contributed by atoms with Crippen LogP contribution in [0.15, 0.2) is 36.4 Å². The number of carbonyl (C=O) groups excluding carboxylic acids is 2. The number of fused-ring (bicyclic) bond motifs is 1. The number of rotatable bonds is 4. The number of ether oxygens (including phenoxy) is 2. The third-order valence-corrected chi connectivity index (χ3v) is 5.08. The molecule has 7 nitrogen and oxygen atoms in total. The minimum atomic E-state index is -1.02. The van der Waals surface area contributed by atoms with Crippen LogP contribution in [0.1, 0.15) is 17.3 Å². The van der Waals surface area contributed by atoms with Crippen molar-refractivity contribution in [1.82, 2.24) is 0 Å². The molecule has 1 aromatic carbocycles. The quantitative estimate of drug-likeness (QED) is 0.653. The molecule has 2 saturated heterocycles. The lowest BCUT2D eigenvalue weighted by Gasteiger charge is -2.21. The Morgan fingerprint density at radius 1 is 1.36 bits per heavy atom. The van der Waals surface area contributed by atoms with Crippen molar-refractivity contribution in [3.63, 3.8) is 0 Å². The SMILES string of the molecule is CCOC(=O)c1ccc(N2C[C@@]34C=C[C@H](O3)[C@H](C(=O)O)[C@H]4C2=O)cc1. The van der Waals surface area contributed by atoms with Gasteiger partial charge in [-0.2, -0.15) is 0 Å². The number of nitrogens with zero attached hydrogens (tertiary/aromatic N) is 1. The fourth-order valence-electron chi connectivity index (χ4n) is 3.99. The van der Waals surface area contributed by atoms with Gasteiger partial charge < -0.3 is 19.5 Å². The molecule has 25 heavy (non-hydrogen) atoms. The van der Waals surface area contributed by atoms with Crippen molar-refractivity contribution in [2.45, 2.75) is 18.6 Å². The van der Waals surface area contributed by atoms with Gasteiger partial charge in [-0.3, -0.25) is 9.59 Å². The third-order valence-electron chi connectivity index (χ3n) is 5.08. The van der Waals surface area contributed by atoms with Crippen molar-refractivity contribution in [1.29, 1.82) is 0 Å². The van der Waals surface area contributed by atoms with E-state index in [9.17, 15) is 19.5 Å². The minimum Gasteiger partial charge on any atom is -0.481 e. The molecule has 0 aromatic heterocycles. The molecule has 1 aromatic rings. The van der Waals surface area contributed by atoms with Crippen LogP contribution in [0.25, 0.3) is 0 Å². The first kappa shape index (κ1) is 15.8. The molecule has 2 bridgehead atoms. The lowest BCUT2D eigenvalue weighted by Crippen LogP contribution is -2.39. The summed E-state index contributed by atoms with van der Waals surface area (Å²) < 4.78 is 10.8. The summed E-state index contributed by atoms with van der Waals surface area (Å²) in [6.07, 6.45) is 3.00. The Morgan fingerprint density at radius 2 is 2.08 bits per heavy atom. The molecule has 2 fully saturated rings. The zero-order valence-electron chi connectivity index (χ0n) is 13.5. The number of carboxylic acid groups (broad SMARTS) is 1. The maximum atomic E-state index is 12.9. The van der Waals surface area contributed by atoms with E-state index in [0.29, 0.717) is 11.3 Å². The number of benzene rings is 1. The van der Waals surface area contributed by atoms with Crippen molar-refractivity contribution in [3.05, 3.63) is 42.0 Å². The highest BCUT2D eigenvalue weighted by Crippen LogP contribution is 2.52. The lowest BCUT2D eigenvalue weighted by atomic mass is 9.77. The van der Waals surface area contributed by atoms with Crippen LogP contribution in [0.3, 0.4) is 0 Å². The van der Waals surface area contributed by atoms with Crippen molar-refractivity contribution >= 4 is 23.5 Å². The molecule has 0 aliphatic carbocycles. The van der Waals surface area contributed by atoms with Gasteiger partial charge in [0.1, 0.15) is 11.5 Å². The van der Waals surface area contributed by atoms with Crippen LogP contribution in [0.4, 0.5) is 5.69 Å². The Balaban J connectivity index is 1.61. The number of carboxylic acids is 1. The van der Waals surface area contributed by atoms with E-state index in [4.69, 9.17) is 9.47 Å². The number of amides is 1. The zero-order chi connectivity index (χ0) is 17.8. The van der Waals surface area contributed by atoms with Gasteiger partial charge in [-0.05, 0) is 31.2 Å². The topological polar surface area (TPSA) is 93.1 Å². The fourth-order valence-corrected chi connectivity index (χ4v) is 3.99. The number of anilines is 1. The van der Waals surface area contributed by atoms with E-state index in [1.54, 1.807) is 37.3 Å². The first-order valence-corrected chi connectivity index (χ1v) is 8.15. The molecule has 3 heterocycles. The second-order valence-electron chi connectivity index (χ2n) is 6.43. The number of carbonyl (C=O) groups is 3. The van der Waals surface area contributed by atoms with Gasteiger partial charge in [-0.15, -0.1) is 0 Å². The first-order chi connectivity index (χ1) is 12.0. The zero-order valence-corrected chi connectivity index (χ0v) is 13.5. The largest absolute Gasteiger partial charge is 0.481 e. The monoisotopic (exact) mass is 343 g/mol. The van der Waals surface area contributed by atoms with E-state index in [1.165, 1.54) is 4.90 Å². The summed E-state index contributed by atoms with van der Waals surface area (Å²) in [6.45, 7) is 2.29. The molecule has 7 heteroatoms. The second-order valence-corrected chi connectivity index (χ2v) is 6.43. The van der Waals surface area contributed by atoms with Crippen molar-refractivity contribution in [2.75, 3.05) is 18.1 Å². The third kappa shape index (κ3) is 2.19. The van der Waals surface area contributed by atoms with Gasteiger partial charge in [-0.1, -0.05) is 12.2 Å². The predicted molar refractivity (Wildman–Crippen MR) is 86.1 cm³/mol. The number of esters is 1. The molecule has 1 amide bonds. The number of hydrogen-bond donors (Lipinski definition) is 1. The summed E-state index contributed by atoms with van der Waals surface area (Å²) in [4.78, 5) is 37.7. The second kappa shape index (κ2) is 5.42. The number of aliphatic carboxylic acids is 1. The molecule has 130 valence electrons. The summed E-state index contributed by atoms with van der Waals surface area (Å²) >= 11 is 0. The van der Waals surface area contributed by atoms with Gasteiger partial charge in [0.15, 0.2) is 0 Å². The average Bonchev–Trinajstić information content (AvgIpc) is 3.23. The number of hydrogen-bond acceptors (Lipinski definition) is 5. The van der Waals surface area contributed by atoms with Gasteiger partial charge in [0.2, 0.25) is 5.91 Å². The predicted octanol–water partition coefficient (Wildman–Crippen LogP) is 1.23. The summed E-state index contributed by atoms with van der Waals surface area (Å²) in [5.41, 5.74) is 0.132. The average molecular weight is 343 g/mol. The smallest absolute Gasteiger partial charge is 0.338 e. The highest BCUT2D eigenvalue weighted by Gasteiger charge is 2.67. The van der Waals surface area contributed by atoms with Crippen LogP contribution in [0.2, 0.25) is 0 Å². The summed E-state index contributed by atoms with van der Waals surface area (Å²) in [6, 6.07) is 6.51. The normalized spacial score (nSPS) is 32.1. The molecule has 1 N–H and O–H groups in total. The Bertz CT molecular complexity index is 785. The van der Waals surface area contributed by atoms with Crippen LogP contribution >= 0.6 is 0 Å². The van der Waals surface area contributed by atoms with E-state index in [0.717, 1.165) is 0 Å². The van der Waals surface area contributed by atoms with E-state index >= 15 is 0 Å². The van der Waals surface area contributed by atoms with E-state index in [2.05, 4.69) is 0 Å². The molecule has 0 unspecified atom stereocenters. The standard InChI is InChI=1S/C18H17NO6/c1-2-24-17(23)10-3-5-11(6-4-10)19-9-18-8-7-12(25-18)13(16(21)22)14(18)15(19)20/h3-8,12-14H,2,9H2,1H3,(H,21,22)/t12-,13-,14-,18+/m0/s1. The first-order valence-electron chi connectivity index (χ1n) is 8.15. The van der Waals surface area contributed by atoms with E-state index < -0.39 is 35.5 Å². The van der Waals surface area contributed by atoms with Crippen molar-refractivity contribution in [3.8, 4) is 0 Å². The van der Waals surface area contributed by atoms with Crippen LogP contribution in [-0.4, -0.2) is 47.8 Å². The summed E-state index contributed by atoms with van der Waals surface area (Å²) in [5.74, 6) is -3.28. The highest BCUT2D eigenvalue weighted by molar-refractivity contribution is 6.02. The van der Waals surface area contributed by atoms with Gasteiger partial charge in [0.25, 0.3) is 0 Å². The van der Waals surface area contributed by atoms with Crippen LogP contribution < -0.4 is 4.90 Å². The molecule has 3 aliphatic rings. The van der Waals surface area contributed by atoms with E-state index in [1.807, 2.05) is 6.08 Å². The van der Waals surface area contributed by atoms with Crippen molar-refractivity contribution in [2.24, 2.45) is 11.8 Å². The molecule has 0 radical (unpaired) electrons. The summed E-state index contributed by atoms with van der Waals surface area (Å²) in [7, 11) is 0. The maximum Gasteiger partial charge on any atom is 0.338 e. The summed E-state index contributed by atoms with van der Waals surface area (Å²) in [5, 5.41) is 9.47. The lowest BCUT2D eigenvalue weighted by molar-refractivity contribution is -0.146. The minimum absolute atomic E-state index is 0.261. The van der Waals surface area contributed by atoms with Gasteiger partial charge in [-0.25, -0.2) is 4.79 Å². The van der Waals surface area contributed by atoms with Crippen LogP contribution in [0.5, 0.6) is 0 Å². The van der Waals surface area contributed by atoms with Crippen LogP contribution in [0, 0.1) is 11.8 Å². The highest BCUT2D eigenvalue weighted by atomic mass is 16.5. The molecular weight excluding hydrogens is 326 g/mol. The molecule has 4 rings (SSSR count). The fraction of sp³-hybridized carbons (Fsp3) is 0.389. The Labute approximate surface area is 143 Å². The van der Waals surface area contributed by atoms with Crippen LogP contribution in [-0.2, 0) is 19.1 Å². The van der Waals surface area contributed by atoms with Crippen molar-refractivity contribution < 1.29 is 29.0 Å². The Kier molecular flexibility index (Phi) is 3.43. The maximum absolute atomic E-state index is 12.9. The molecule has 0 saturated carbocycles. The molecule has 1 spiro atoms. The van der Waals surface area contributed by atoms with Gasteiger partial charge >= 0.3 is 11.9 Å². The van der Waals surface area contributed by atoms with Gasteiger partial charge in [0.05, 0.1) is 30.7 Å². The van der Waals surface area contributed by atoms with Gasteiger partial charge in [0, 0.05) is 5.69 Å². The Hall–Kier alpha value is -2.67.